The minimum Gasteiger partial charge on any atom is -0.392 e. The van der Waals surface area contributed by atoms with Gasteiger partial charge >= 0.3 is 0 Å². The van der Waals surface area contributed by atoms with Crippen LogP contribution in [0.1, 0.15) is 32.0 Å². The summed E-state index contributed by atoms with van der Waals surface area (Å²) in [4.78, 5) is 9.13. The molecule has 0 radical (unpaired) electrons. The van der Waals surface area contributed by atoms with E-state index in [-0.39, 0.29) is 6.10 Å². The molecule has 1 N–H and O–H groups in total. The lowest BCUT2D eigenvalue weighted by molar-refractivity contribution is 0.0302. The van der Waals surface area contributed by atoms with Crippen LogP contribution in [0.15, 0.2) is 4.52 Å². The van der Waals surface area contributed by atoms with Gasteiger partial charge in [0.1, 0.15) is 0 Å². The van der Waals surface area contributed by atoms with Gasteiger partial charge in [0.25, 0.3) is 0 Å². The van der Waals surface area contributed by atoms with Gasteiger partial charge in [-0.15, -0.1) is 0 Å². The van der Waals surface area contributed by atoms with Crippen LogP contribution in [0.3, 0.4) is 0 Å². The number of nitrogens with zero attached hydrogens (tertiary/aromatic N) is 4. The number of piperazine rings is 1. The highest BCUT2D eigenvalue weighted by Gasteiger charge is 2.27. The van der Waals surface area contributed by atoms with Crippen molar-refractivity contribution in [3.8, 4) is 0 Å². The van der Waals surface area contributed by atoms with E-state index in [1.807, 2.05) is 6.92 Å². The van der Waals surface area contributed by atoms with E-state index >= 15 is 0 Å². The molecule has 1 fully saturated rings. The van der Waals surface area contributed by atoms with E-state index in [2.05, 4.69) is 26.9 Å². The van der Waals surface area contributed by atoms with E-state index in [9.17, 15) is 5.11 Å². The number of β-amino-alcohol motifs (C(OH)–C–C–N with tert-alkyl or cyclic N) is 1. The van der Waals surface area contributed by atoms with Crippen LogP contribution in [0.2, 0.25) is 0 Å². The first-order valence-corrected chi connectivity index (χ1v) is 8.07. The van der Waals surface area contributed by atoms with Gasteiger partial charge in [0.05, 0.1) is 19.3 Å². The molecule has 0 amide bonds. The van der Waals surface area contributed by atoms with E-state index < -0.39 is 0 Å². The van der Waals surface area contributed by atoms with Gasteiger partial charge in [-0.25, -0.2) is 0 Å². The molecule has 2 heterocycles. The average Bonchev–Trinajstić information content (AvgIpc) is 2.93. The fourth-order valence-corrected chi connectivity index (χ4v) is 2.91. The molecule has 22 heavy (non-hydrogen) atoms. The van der Waals surface area contributed by atoms with E-state index in [0.717, 1.165) is 32.6 Å². The molecule has 2 rings (SSSR count). The Morgan fingerprint density at radius 1 is 1.45 bits per heavy atom. The number of hydrogen-bond donors (Lipinski definition) is 1. The number of aromatic nitrogens is 2. The van der Waals surface area contributed by atoms with Crippen molar-refractivity contribution in [1.82, 2.24) is 19.9 Å². The van der Waals surface area contributed by atoms with Crippen LogP contribution in [-0.2, 0) is 17.7 Å². The van der Waals surface area contributed by atoms with E-state index in [1.54, 1.807) is 7.11 Å². The van der Waals surface area contributed by atoms with Crippen molar-refractivity contribution >= 4 is 0 Å². The molecule has 2 atom stereocenters. The predicted molar refractivity (Wildman–Crippen MR) is 82.5 cm³/mol. The highest BCUT2D eigenvalue weighted by molar-refractivity contribution is 4.89. The number of aliphatic hydroxyl groups excluding tert-OH is 1. The smallest absolute Gasteiger partial charge is 0.240 e. The van der Waals surface area contributed by atoms with Gasteiger partial charge in [-0.3, -0.25) is 9.80 Å². The van der Waals surface area contributed by atoms with Crippen molar-refractivity contribution in [2.45, 2.75) is 45.4 Å². The van der Waals surface area contributed by atoms with Gasteiger partial charge in [-0.1, -0.05) is 12.1 Å². The second kappa shape index (κ2) is 8.57. The Kier molecular flexibility index (Phi) is 6.75. The molecule has 0 saturated carbocycles. The quantitative estimate of drug-likeness (QED) is 0.750. The summed E-state index contributed by atoms with van der Waals surface area (Å²) in [6, 6.07) is 0.472. The van der Waals surface area contributed by atoms with E-state index in [1.165, 1.54) is 0 Å². The van der Waals surface area contributed by atoms with Crippen molar-refractivity contribution < 1.29 is 14.4 Å². The fourth-order valence-electron chi connectivity index (χ4n) is 2.91. The first-order valence-electron chi connectivity index (χ1n) is 8.07. The molecule has 1 aliphatic heterocycles. The van der Waals surface area contributed by atoms with Crippen molar-refractivity contribution in [2.24, 2.45) is 0 Å². The first-order chi connectivity index (χ1) is 10.6. The highest BCUT2D eigenvalue weighted by Crippen LogP contribution is 2.15. The Morgan fingerprint density at radius 3 is 2.95 bits per heavy atom. The monoisotopic (exact) mass is 312 g/mol. The third kappa shape index (κ3) is 5.01. The van der Waals surface area contributed by atoms with Crippen LogP contribution >= 0.6 is 0 Å². The molecule has 1 saturated heterocycles. The van der Waals surface area contributed by atoms with Crippen molar-refractivity contribution in [3.63, 3.8) is 0 Å². The molecule has 0 unspecified atom stereocenters. The zero-order valence-electron chi connectivity index (χ0n) is 13.9. The molecular weight excluding hydrogens is 284 g/mol. The second-order valence-electron chi connectivity index (χ2n) is 5.99. The molecule has 7 heteroatoms. The van der Waals surface area contributed by atoms with Gasteiger partial charge in [-0.2, -0.15) is 4.98 Å². The summed E-state index contributed by atoms with van der Waals surface area (Å²) in [6.07, 6.45) is 1.48. The summed E-state index contributed by atoms with van der Waals surface area (Å²) >= 11 is 0. The largest absolute Gasteiger partial charge is 0.392 e. The number of hydrogen-bond acceptors (Lipinski definition) is 7. The molecule has 1 aliphatic rings. The predicted octanol–water partition coefficient (Wildman–Crippen LogP) is 0.536. The van der Waals surface area contributed by atoms with Crippen LogP contribution in [0.5, 0.6) is 0 Å². The van der Waals surface area contributed by atoms with Crippen molar-refractivity contribution in [1.29, 1.82) is 0 Å². The van der Waals surface area contributed by atoms with Crippen LogP contribution < -0.4 is 0 Å². The average molecular weight is 312 g/mol. The van der Waals surface area contributed by atoms with Gasteiger partial charge in [-0.05, 0) is 13.3 Å². The van der Waals surface area contributed by atoms with Crippen LogP contribution in [0.4, 0.5) is 0 Å². The Balaban J connectivity index is 1.85. The summed E-state index contributed by atoms with van der Waals surface area (Å²) in [5.41, 5.74) is 0. The Morgan fingerprint density at radius 2 is 2.27 bits per heavy atom. The molecule has 126 valence electrons. The third-order valence-corrected chi connectivity index (χ3v) is 4.06. The lowest BCUT2D eigenvalue weighted by Crippen LogP contribution is -2.54. The number of aliphatic hydroxyl groups is 1. The van der Waals surface area contributed by atoms with Crippen LogP contribution in [-0.4, -0.2) is 77.1 Å². The molecule has 7 nitrogen and oxygen atoms in total. The van der Waals surface area contributed by atoms with Gasteiger partial charge in [0.2, 0.25) is 5.89 Å². The third-order valence-electron chi connectivity index (χ3n) is 4.06. The summed E-state index contributed by atoms with van der Waals surface area (Å²) in [5, 5.41) is 13.6. The second-order valence-corrected chi connectivity index (χ2v) is 5.99. The molecule has 1 aromatic rings. The molecule has 1 aromatic heterocycles. The standard InChI is InChI=1S/C15H28N4O3/c1-4-13-10-18(6-7-19(13)9-12(2)20)11-15-16-14(17-22-15)5-8-21-3/h12-13,20H,4-11H2,1-3H3/t12-,13+/m0/s1. The Hall–Kier alpha value is -1.02. The van der Waals surface area contributed by atoms with Gasteiger partial charge in [0.15, 0.2) is 5.82 Å². The normalized spacial score (nSPS) is 22.1. The SMILES string of the molecule is CC[C@@H]1CN(Cc2nc(CCOC)no2)CCN1C[C@H](C)O. The molecule has 0 aromatic carbocycles. The van der Waals surface area contributed by atoms with Crippen LogP contribution in [0, 0.1) is 0 Å². The maximum atomic E-state index is 9.59. The first kappa shape index (κ1) is 17.3. The lowest BCUT2D eigenvalue weighted by Gasteiger charge is -2.41. The summed E-state index contributed by atoms with van der Waals surface area (Å²) < 4.78 is 10.3. The summed E-state index contributed by atoms with van der Waals surface area (Å²) in [6.45, 7) is 8.98. The minimum absolute atomic E-state index is 0.278. The number of ether oxygens (including phenoxy) is 1. The molecular formula is C15H28N4O3. The maximum absolute atomic E-state index is 9.59. The van der Waals surface area contributed by atoms with Crippen molar-refractivity contribution in [2.75, 3.05) is 39.9 Å². The molecule has 0 spiro atoms. The van der Waals surface area contributed by atoms with Crippen molar-refractivity contribution in [3.05, 3.63) is 11.7 Å². The fraction of sp³-hybridized carbons (Fsp3) is 0.867. The summed E-state index contributed by atoms with van der Waals surface area (Å²) in [7, 11) is 1.67. The summed E-state index contributed by atoms with van der Waals surface area (Å²) in [5.74, 6) is 1.38. The molecule has 0 aliphatic carbocycles. The maximum Gasteiger partial charge on any atom is 0.240 e. The van der Waals surface area contributed by atoms with E-state index in [0.29, 0.717) is 37.3 Å². The number of methoxy groups -OCH3 is 1. The Labute approximate surface area is 132 Å². The van der Waals surface area contributed by atoms with Gasteiger partial charge < -0.3 is 14.4 Å². The molecule has 0 bridgehead atoms. The van der Waals surface area contributed by atoms with Gasteiger partial charge in [0, 0.05) is 45.8 Å². The lowest BCUT2D eigenvalue weighted by atomic mass is 10.1. The Bertz CT molecular complexity index is 438. The van der Waals surface area contributed by atoms with Crippen LogP contribution in [0.25, 0.3) is 0 Å². The zero-order chi connectivity index (χ0) is 15.9. The minimum atomic E-state index is -0.278. The topological polar surface area (TPSA) is 74.9 Å². The zero-order valence-corrected chi connectivity index (χ0v) is 13.9. The van der Waals surface area contributed by atoms with E-state index in [4.69, 9.17) is 9.26 Å². The highest BCUT2D eigenvalue weighted by atomic mass is 16.5. The number of rotatable bonds is 8.